The maximum atomic E-state index is 11.6. The molecule has 0 bridgehead atoms. The Kier molecular flexibility index (Phi) is 3.32. The molecule has 0 fully saturated rings. The van der Waals surface area contributed by atoms with E-state index in [0.717, 1.165) is 23.6 Å². The summed E-state index contributed by atoms with van der Waals surface area (Å²) in [5.74, 6) is 0.826. The van der Waals surface area contributed by atoms with Crippen LogP contribution < -0.4 is 10.3 Å². The standard InChI is InChI=1S/C13H16N2O2/c1-3-8-17-12-6-4-11(5-7-12)15-13(16)9-10(2)14-15/h4-7,9,14H,3,8H2,1-2H3. The van der Waals surface area contributed by atoms with Crippen LogP contribution >= 0.6 is 0 Å². The van der Waals surface area contributed by atoms with E-state index in [9.17, 15) is 4.79 Å². The molecule has 0 atom stereocenters. The quantitative estimate of drug-likeness (QED) is 0.879. The van der Waals surface area contributed by atoms with Crippen molar-refractivity contribution in [3.05, 3.63) is 46.4 Å². The molecule has 4 heteroatoms. The molecular weight excluding hydrogens is 216 g/mol. The van der Waals surface area contributed by atoms with Crippen LogP contribution in [0.5, 0.6) is 5.75 Å². The molecule has 2 aromatic rings. The predicted octanol–water partition coefficient (Wildman–Crippen LogP) is 2.26. The van der Waals surface area contributed by atoms with Crippen molar-refractivity contribution in [2.75, 3.05) is 6.61 Å². The van der Waals surface area contributed by atoms with Crippen molar-refractivity contribution in [1.82, 2.24) is 9.78 Å². The highest BCUT2D eigenvalue weighted by atomic mass is 16.5. The van der Waals surface area contributed by atoms with E-state index in [2.05, 4.69) is 12.0 Å². The number of ether oxygens (including phenoxy) is 1. The summed E-state index contributed by atoms with van der Waals surface area (Å²) < 4.78 is 7.00. The largest absolute Gasteiger partial charge is 0.494 e. The maximum Gasteiger partial charge on any atom is 0.271 e. The van der Waals surface area contributed by atoms with Crippen LogP contribution in [0.2, 0.25) is 0 Å². The van der Waals surface area contributed by atoms with Crippen LogP contribution in [0.3, 0.4) is 0 Å². The lowest BCUT2D eigenvalue weighted by Gasteiger charge is -2.06. The summed E-state index contributed by atoms with van der Waals surface area (Å²) in [5.41, 5.74) is 1.61. The molecular formula is C13H16N2O2. The molecule has 90 valence electrons. The first-order valence-corrected chi connectivity index (χ1v) is 5.72. The highest BCUT2D eigenvalue weighted by molar-refractivity contribution is 5.36. The van der Waals surface area contributed by atoms with Crippen molar-refractivity contribution in [1.29, 1.82) is 0 Å². The Morgan fingerprint density at radius 1 is 1.29 bits per heavy atom. The highest BCUT2D eigenvalue weighted by Crippen LogP contribution is 2.14. The van der Waals surface area contributed by atoms with E-state index >= 15 is 0 Å². The SMILES string of the molecule is CCCOc1ccc(-n2[nH]c(C)cc2=O)cc1. The Labute approximate surface area is 99.8 Å². The molecule has 0 radical (unpaired) electrons. The smallest absolute Gasteiger partial charge is 0.271 e. The molecule has 0 saturated heterocycles. The zero-order valence-corrected chi connectivity index (χ0v) is 10.1. The van der Waals surface area contributed by atoms with E-state index in [-0.39, 0.29) is 5.56 Å². The predicted molar refractivity (Wildman–Crippen MR) is 66.9 cm³/mol. The summed E-state index contributed by atoms with van der Waals surface area (Å²) in [6, 6.07) is 9.04. The molecule has 0 spiro atoms. The molecule has 1 aromatic carbocycles. The van der Waals surface area contributed by atoms with Crippen molar-refractivity contribution in [2.24, 2.45) is 0 Å². The van der Waals surface area contributed by atoms with Gasteiger partial charge in [-0.2, -0.15) is 0 Å². The second-order valence-electron chi connectivity index (χ2n) is 3.96. The minimum absolute atomic E-state index is 0.0512. The Balaban J connectivity index is 2.23. The first kappa shape index (κ1) is 11.5. The van der Waals surface area contributed by atoms with E-state index in [0.29, 0.717) is 6.61 Å². The van der Waals surface area contributed by atoms with Crippen molar-refractivity contribution >= 4 is 0 Å². The zero-order chi connectivity index (χ0) is 12.3. The molecule has 0 amide bonds. The Hall–Kier alpha value is -1.97. The number of aromatic nitrogens is 2. The molecule has 0 saturated carbocycles. The lowest BCUT2D eigenvalue weighted by atomic mass is 10.3. The van der Waals surface area contributed by atoms with Crippen LogP contribution in [-0.2, 0) is 0 Å². The van der Waals surface area contributed by atoms with Crippen molar-refractivity contribution in [2.45, 2.75) is 20.3 Å². The molecule has 2 rings (SSSR count). The van der Waals surface area contributed by atoms with Gasteiger partial charge in [0.05, 0.1) is 12.3 Å². The van der Waals surface area contributed by atoms with Gasteiger partial charge >= 0.3 is 0 Å². The van der Waals surface area contributed by atoms with E-state index in [1.165, 1.54) is 4.68 Å². The second-order valence-corrected chi connectivity index (χ2v) is 3.96. The summed E-state index contributed by atoms with van der Waals surface area (Å²) in [5, 5.41) is 2.99. The van der Waals surface area contributed by atoms with Crippen LogP contribution in [0.25, 0.3) is 5.69 Å². The summed E-state index contributed by atoms with van der Waals surface area (Å²) in [6.07, 6.45) is 0.983. The van der Waals surface area contributed by atoms with Gasteiger partial charge < -0.3 is 4.74 Å². The molecule has 17 heavy (non-hydrogen) atoms. The molecule has 0 unspecified atom stereocenters. The molecule has 0 aliphatic carbocycles. The van der Waals surface area contributed by atoms with Crippen LogP contribution in [-0.4, -0.2) is 16.4 Å². The van der Waals surface area contributed by atoms with Crippen molar-refractivity contribution in [3.63, 3.8) is 0 Å². The van der Waals surface area contributed by atoms with Gasteiger partial charge in [-0.05, 0) is 37.6 Å². The Bertz CT molecular complexity index is 537. The van der Waals surface area contributed by atoms with Crippen LogP contribution in [0.1, 0.15) is 19.0 Å². The monoisotopic (exact) mass is 232 g/mol. The number of hydrogen-bond acceptors (Lipinski definition) is 2. The van der Waals surface area contributed by atoms with E-state index < -0.39 is 0 Å². The van der Waals surface area contributed by atoms with Gasteiger partial charge in [-0.15, -0.1) is 0 Å². The van der Waals surface area contributed by atoms with Gasteiger partial charge in [0.2, 0.25) is 0 Å². The fraction of sp³-hybridized carbons (Fsp3) is 0.308. The average Bonchev–Trinajstić information content (AvgIpc) is 2.66. The fourth-order valence-corrected chi connectivity index (χ4v) is 1.62. The van der Waals surface area contributed by atoms with E-state index in [4.69, 9.17) is 4.74 Å². The average molecular weight is 232 g/mol. The lowest BCUT2D eigenvalue weighted by Crippen LogP contribution is -2.13. The molecule has 0 aliphatic rings. The topological polar surface area (TPSA) is 47.0 Å². The Morgan fingerprint density at radius 2 is 2.00 bits per heavy atom. The maximum absolute atomic E-state index is 11.6. The third-order valence-corrected chi connectivity index (χ3v) is 2.42. The van der Waals surface area contributed by atoms with Gasteiger partial charge in [-0.1, -0.05) is 6.92 Å². The number of rotatable bonds is 4. The number of H-pyrrole nitrogens is 1. The van der Waals surface area contributed by atoms with Crippen LogP contribution in [0.4, 0.5) is 0 Å². The first-order chi connectivity index (χ1) is 8.20. The van der Waals surface area contributed by atoms with Crippen molar-refractivity contribution in [3.8, 4) is 11.4 Å². The highest BCUT2D eigenvalue weighted by Gasteiger charge is 2.02. The second kappa shape index (κ2) is 4.91. The number of aromatic amines is 1. The summed E-state index contributed by atoms with van der Waals surface area (Å²) in [4.78, 5) is 11.6. The van der Waals surface area contributed by atoms with E-state index in [1.54, 1.807) is 6.07 Å². The van der Waals surface area contributed by atoms with Gasteiger partial charge in [-0.25, -0.2) is 4.68 Å². The van der Waals surface area contributed by atoms with Crippen molar-refractivity contribution < 1.29 is 4.74 Å². The third-order valence-electron chi connectivity index (χ3n) is 2.42. The molecule has 1 heterocycles. The number of aryl methyl sites for hydroxylation is 1. The van der Waals surface area contributed by atoms with Gasteiger partial charge in [0.25, 0.3) is 5.56 Å². The van der Waals surface area contributed by atoms with Crippen LogP contribution in [0.15, 0.2) is 35.1 Å². The molecule has 1 N–H and O–H groups in total. The number of hydrogen-bond donors (Lipinski definition) is 1. The number of benzene rings is 1. The summed E-state index contributed by atoms with van der Waals surface area (Å²) in [7, 11) is 0. The minimum atomic E-state index is -0.0512. The zero-order valence-electron chi connectivity index (χ0n) is 10.1. The minimum Gasteiger partial charge on any atom is -0.494 e. The lowest BCUT2D eigenvalue weighted by molar-refractivity contribution is 0.317. The first-order valence-electron chi connectivity index (χ1n) is 5.72. The third kappa shape index (κ3) is 2.58. The number of nitrogens with one attached hydrogen (secondary N) is 1. The van der Waals surface area contributed by atoms with Crippen LogP contribution in [0, 0.1) is 6.92 Å². The summed E-state index contributed by atoms with van der Waals surface area (Å²) >= 11 is 0. The van der Waals surface area contributed by atoms with Gasteiger partial charge in [0.15, 0.2) is 0 Å². The molecule has 0 aliphatic heterocycles. The number of nitrogens with zero attached hydrogens (tertiary/aromatic N) is 1. The van der Waals surface area contributed by atoms with Gasteiger partial charge in [-0.3, -0.25) is 9.89 Å². The normalized spacial score (nSPS) is 10.5. The molecule has 4 nitrogen and oxygen atoms in total. The summed E-state index contributed by atoms with van der Waals surface area (Å²) in [6.45, 7) is 4.63. The molecule has 1 aromatic heterocycles. The van der Waals surface area contributed by atoms with Gasteiger partial charge in [0, 0.05) is 11.8 Å². The Morgan fingerprint density at radius 3 is 2.53 bits per heavy atom. The van der Waals surface area contributed by atoms with Gasteiger partial charge in [0.1, 0.15) is 5.75 Å². The van der Waals surface area contributed by atoms with E-state index in [1.807, 2.05) is 31.2 Å². The fourth-order valence-electron chi connectivity index (χ4n) is 1.62.